The number of carbonyl (C=O) groups excluding carboxylic acids is 1. The van der Waals surface area contributed by atoms with Crippen LogP contribution in [0, 0.1) is 12.4 Å². The lowest BCUT2D eigenvalue weighted by atomic mass is 10.2. The van der Waals surface area contributed by atoms with Crippen molar-refractivity contribution in [3.63, 3.8) is 0 Å². The van der Waals surface area contributed by atoms with E-state index in [9.17, 15) is 9.18 Å². The van der Waals surface area contributed by atoms with Crippen molar-refractivity contribution in [1.29, 1.82) is 0 Å². The minimum Gasteiger partial charge on any atom is -0.444 e. The molecule has 0 aliphatic rings. The Bertz CT molecular complexity index is 515. The monoisotopic (exact) mass is 251 g/mol. The fourth-order valence-electron chi connectivity index (χ4n) is 1.19. The second-order valence-electron chi connectivity index (χ2n) is 4.63. The number of hydrogen-bond acceptors (Lipinski definition) is 3. The molecule has 0 unspecified atom stereocenters. The maximum atomic E-state index is 13.4. The predicted molar refractivity (Wildman–Crippen MR) is 66.9 cm³/mol. The Morgan fingerprint density at radius 2 is 2.11 bits per heavy atom. The number of amides is 1. The predicted octanol–water partition coefficient (Wildman–Crippen LogP) is 3.31. The zero-order chi connectivity index (χ0) is 13.9. The SMILES string of the molecule is [C-]#[N+]c1cc(N)c(NC(=O)OC(C)(C)C)cc1F. The van der Waals surface area contributed by atoms with E-state index in [1.54, 1.807) is 20.8 Å². The van der Waals surface area contributed by atoms with E-state index in [2.05, 4.69) is 10.2 Å². The van der Waals surface area contributed by atoms with Crippen molar-refractivity contribution in [3.8, 4) is 0 Å². The summed E-state index contributed by atoms with van der Waals surface area (Å²) in [6.45, 7) is 11.8. The minimum atomic E-state index is -0.745. The maximum absolute atomic E-state index is 13.4. The fourth-order valence-corrected chi connectivity index (χ4v) is 1.19. The highest BCUT2D eigenvalue weighted by atomic mass is 19.1. The van der Waals surface area contributed by atoms with Gasteiger partial charge in [0.25, 0.3) is 0 Å². The molecule has 1 rings (SSSR count). The molecule has 0 atom stereocenters. The van der Waals surface area contributed by atoms with Gasteiger partial charge in [-0.25, -0.2) is 14.0 Å². The molecule has 1 aromatic rings. The third kappa shape index (κ3) is 3.63. The molecule has 96 valence electrons. The first-order chi connectivity index (χ1) is 8.23. The summed E-state index contributed by atoms with van der Waals surface area (Å²) < 4.78 is 18.4. The van der Waals surface area contributed by atoms with E-state index in [1.165, 1.54) is 0 Å². The van der Waals surface area contributed by atoms with E-state index in [0.717, 1.165) is 12.1 Å². The molecule has 0 saturated heterocycles. The van der Waals surface area contributed by atoms with Crippen molar-refractivity contribution in [1.82, 2.24) is 0 Å². The Kier molecular flexibility index (Phi) is 3.76. The highest BCUT2D eigenvalue weighted by Crippen LogP contribution is 2.28. The summed E-state index contributed by atoms with van der Waals surface area (Å²) in [6, 6.07) is 2.15. The van der Waals surface area contributed by atoms with Crippen LogP contribution in [-0.2, 0) is 4.74 Å². The van der Waals surface area contributed by atoms with Crippen molar-refractivity contribution < 1.29 is 13.9 Å². The van der Waals surface area contributed by atoms with Crippen LogP contribution in [0.25, 0.3) is 4.85 Å². The summed E-state index contributed by atoms with van der Waals surface area (Å²) in [6.07, 6.45) is -0.732. The first kappa shape index (κ1) is 13.8. The Labute approximate surface area is 105 Å². The van der Waals surface area contributed by atoms with Gasteiger partial charge in [0.2, 0.25) is 5.69 Å². The van der Waals surface area contributed by atoms with Gasteiger partial charge in [-0.1, -0.05) is 0 Å². The number of nitrogens with one attached hydrogen (secondary N) is 1. The summed E-state index contributed by atoms with van der Waals surface area (Å²) in [4.78, 5) is 14.4. The van der Waals surface area contributed by atoms with Crippen molar-refractivity contribution in [2.45, 2.75) is 26.4 Å². The molecule has 0 saturated carbocycles. The molecule has 0 aliphatic carbocycles. The largest absolute Gasteiger partial charge is 0.444 e. The van der Waals surface area contributed by atoms with E-state index < -0.39 is 17.5 Å². The van der Waals surface area contributed by atoms with Crippen LogP contribution in [0.1, 0.15) is 20.8 Å². The first-order valence-electron chi connectivity index (χ1n) is 5.19. The van der Waals surface area contributed by atoms with E-state index in [-0.39, 0.29) is 17.1 Å². The summed E-state index contributed by atoms with van der Waals surface area (Å²) in [7, 11) is 0. The van der Waals surface area contributed by atoms with Crippen LogP contribution in [0.15, 0.2) is 12.1 Å². The van der Waals surface area contributed by atoms with Gasteiger partial charge in [0.05, 0.1) is 12.3 Å². The minimum absolute atomic E-state index is 0.0779. The van der Waals surface area contributed by atoms with E-state index in [0.29, 0.717) is 0 Å². The molecule has 1 amide bonds. The normalized spacial score (nSPS) is 10.6. The number of nitrogens with zero attached hydrogens (tertiary/aromatic N) is 1. The molecule has 0 fully saturated rings. The number of hydrogen-bond donors (Lipinski definition) is 2. The third-order valence-corrected chi connectivity index (χ3v) is 1.88. The number of halogens is 1. The van der Waals surface area contributed by atoms with Crippen LogP contribution in [0.2, 0.25) is 0 Å². The van der Waals surface area contributed by atoms with Gasteiger partial charge in [-0.15, -0.1) is 0 Å². The molecule has 3 N–H and O–H groups in total. The van der Waals surface area contributed by atoms with Crippen LogP contribution in [0.3, 0.4) is 0 Å². The summed E-state index contributed by atoms with van der Waals surface area (Å²) in [5.41, 5.74) is 4.93. The number of ether oxygens (including phenoxy) is 1. The van der Waals surface area contributed by atoms with Crippen molar-refractivity contribution >= 4 is 23.2 Å². The van der Waals surface area contributed by atoms with Crippen LogP contribution in [0.5, 0.6) is 0 Å². The molecule has 6 heteroatoms. The number of nitrogens with two attached hydrogens (primary N) is 1. The quantitative estimate of drug-likeness (QED) is 0.594. The molecule has 0 aliphatic heterocycles. The van der Waals surface area contributed by atoms with Crippen molar-refractivity contribution in [2.24, 2.45) is 0 Å². The molecule has 0 aromatic heterocycles. The number of nitrogen functional groups attached to an aromatic ring is 1. The van der Waals surface area contributed by atoms with Crippen molar-refractivity contribution in [2.75, 3.05) is 11.1 Å². The van der Waals surface area contributed by atoms with Gasteiger partial charge in [-0.2, -0.15) is 0 Å². The maximum Gasteiger partial charge on any atom is 0.412 e. The average Bonchev–Trinajstić information content (AvgIpc) is 2.20. The zero-order valence-corrected chi connectivity index (χ0v) is 10.4. The van der Waals surface area contributed by atoms with E-state index in [1.807, 2.05) is 0 Å². The Morgan fingerprint density at radius 1 is 1.50 bits per heavy atom. The lowest BCUT2D eigenvalue weighted by Gasteiger charge is -2.20. The number of carbonyl (C=O) groups is 1. The molecule has 5 nitrogen and oxygen atoms in total. The Morgan fingerprint density at radius 3 is 2.61 bits per heavy atom. The molecule has 0 radical (unpaired) electrons. The molecule has 1 aromatic carbocycles. The highest BCUT2D eigenvalue weighted by molar-refractivity contribution is 5.90. The summed E-state index contributed by atoms with van der Waals surface area (Å²) >= 11 is 0. The van der Waals surface area contributed by atoms with Crippen LogP contribution in [-0.4, -0.2) is 11.7 Å². The second kappa shape index (κ2) is 4.92. The second-order valence-corrected chi connectivity index (χ2v) is 4.63. The van der Waals surface area contributed by atoms with Gasteiger partial charge >= 0.3 is 6.09 Å². The number of rotatable bonds is 1. The Hall–Kier alpha value is -2.29. The molecule has 0 heterocycles. The summed E-state index contributed by atoms with van der Waals surface area (Å²) in [5.74, 6) is -0.745. The van der Waals surface area contributed by atoms with Gasteiger partial charge in [-0.05, 0) is 32.9 Å². The van der Waals surface area contributed by atoms with Gasteiger partial charge in [0, 0.05) is 5.69 Å². The Balaban J connectivity index is 2.90. The van der Waals surface area contributed by atoms with Crippen LogP contribution >= 0.6 is 0 Å². The van der Waals surface area contributed by atoms with Gasteiger partial charge in [-0.3, -0.25) is 5.32 Å². The standard InChI is InChI=1S/C12H14FN3O2/c1-12(2,3)18-11(17)16-10-5-7(13)9(15-4)6-8(10)14/h5-6H,14H2,1-3H3,(H,16,17). The smallest absolute Gasteiger partial charge is 0.412 e. The number of benzene rings is 1. The fraction of sp³-hybridized carbons (Fsp3) is 0.333. The third-order valence-electron chi connectivity index (χ3n) is 1.88. The number of anilines is 2. The lowest BCUT2D eigenvalue weighted by molar-refractivity contribution is 0.0636. The average molecular weight is 251 g/mol. The molecular weight excluding hydrogens is 237 g/mol. The zero-order valence-electron chi connectivity index (χ0n) is 10.4. The van der Waals surface area contributed by atoms with Gasteiger partial charge in [0.1, 0.15) is 11.4 Å². The van der Waals surface area contributed by atoms with E-state index >= 15 is 0 Å². The lowest BCUT2D eigenvalue weighted by Crippen LogP contribution is -2.27. The van der Waals surface area contributed by atoms with Gasteiger partial charge < -0.3 is 10.5 Å². The molecule has 0 bridgehead atoms. The van der Waals surface area contributed by atoms with E-state index in [4.69, 9.17) is 17.0 Å². The molecular formula is C12H14FN3O2. The first-order valence-corrected chi connectivity index (χ1v) is 5.19. The molecule has 18 heavy (non-hydrogen) atoms. The van der Waals surface area contributed by atoms with Crippen LogP contribution < -0.4 is 11.1 Å². The molecule has 0 spiro atoms. The summed E-state index contributed by atoms with van der Waals surface area (Å²) in [5, 5.41) is 2.33. The topological polar surface area (TPSA) is 68.7 Å². The van der Waals surface area contributed by atoms with Crippen LogP contribution in [0.4, 0.5) is 26.2 Å². The highest BCUT2D eigenvalue weighted by Gasteiger charge is 2.17. The van der Waals surface area contributed by atoms with Crippen molar-refractivity contribution in [3.05, 3.63) is 29.4 Å². The van der Waals surface area contributed by atoms with Gasteiger partial charge in [0.15, 0.2) is 0 Å².